The van der Waals surface area contributed by atoms with Gasteiger partial charge >= 0.3 is 0 Å². The Morgan fingerprint density at radius 1 is 1.47 bits per heavy atom. The van der Waals surface area contributed by atoms with Crippen molar-refractivity contribution in [1.29, 1.82) is 0 Å². The van der Waals surface area contributed by atoms with Crippen molar-refractivity contribution in [2.75, 3.05) is 19.6 Å². The van der Waals surface area contributed by atoms with E-state index in [4.69, 9.17) is 5.73 Å². The molecule has 0 radical (unpaired) electrons. The third-order valence-electron chi connectivity index (χ3n) is 3.24. The third-order valence-corrected chi connectivity index (χ3v) is 3.24. The predicted octanol–water partition coefficient (Wildman–Crippen LogP) is 0.0984. The molecule has 1 aliphatic rings. The molecule has 0 aromatic carbocycles. The molecular weight excluding hydrogens is 218 g/mol. The molecule has 1 rings (SSSR count). The van der Waals surface area contributed by atoms with Crippen LogP contribution in [0.15, 0.2) is 0 Å². The van der Waals surface area contributed by atoms with Crippen molar-refractivity contribution in [1.82, 2.24) is 10.2 Å². The molecule has 1 fully saturated rings. The van der Waals surface area contributed by atoms with Crippen LogP contribution < -0.4 is 11.1 Å². The molecule has 0 bridgehead atoms. The van der Waals surface area contributed by atoms with Crippen molar-refractivity contribution in [3.8, 4) is 0 Å². The number of hydrogen-bond donors (Lipinski definition) is 2. The summed E-state index contributed by atoms with van der Waals surface area (Å²) in [5.41, 5.74) is 5.18. The van der Waals surface area contributed by atoms with Gasteiger partial charge in [-0.3, -0.25) is 9.59 Å². The molecule has 2 amide bonds. The van der Waals surface area contributed by atoms with Gasteiger partial charge in [0.15, 0.2) is 0 Å². The molecule has 1 saturated heterocycles. The van der Waals surface area contributed by atoms with Gasteiger partial charge < -0.3 is 16.0 Å². The highest BCUT2D eigenvalue weighted by Crippen LogP contribution is 2.16. The lowest BCUT2D eigenvalue weighted by molar-refractivity contribution is -0.137. The highest BCUT2D eigenvalue weighted by atomic mass is 16.2. The maximum atomic E-state index is 12.3. The summed E-state index contributed by atoms with van der Waals surface area (Å²) in [6, 6.07) is -0.147. The molecule has 0 saturated carbocycles. The Morgan fingerprint density at radius 2 is 2.18 bits per heavy atom. The van der Waals surface area contributed by atoms with Crippen molar-refractivity contribution in [3.05, 3.63) is 0 Å². The highest BCUT2D eigenvalue weighted by Gasteiger charge is 2.32. The summed E-state index contributed by atoms with van der Waals surface area (Å²) in [4.78, 5) is 24.8. The second kappa shape index (κ2) is 6.59. The maximum Gasteiger partial charge on any atom is 0.240 e. The number of carbonyl (C=O) groups is 2. The molecule has 2 atom stereocenters. The van der Waals surface area contributed by atoms with E-state index in [0.717, 1.165) is 25.8 Å². The van der Waals surface area contributed by atoms with Crippen LogP contribution in [0.1, 0.15) is 33.1 Å². The highest BCUT2D eigenvalue weighted by molar-refractivity contribution is 5.87. The van der Waals surface area contributed by atoms with Crippen LogP contribution in [0.25, 0.3) is 0 Å². The summed E-state index contributed by atoms with van der Waals surface area (Å²) < 4.78 is 0. The molecule has 98 valence electrons. The molecule has 5 nitrogen and oxygen atoms in total. The monoisotopic (exact) mass is 241 g/mol. The van der Waals surface area contributed by atoms with Crippen LogP contribution in [0.3, 0.4) is 0 Å². The van der Waals surface area contributed by atoms with Crippen LogP contribution in [0, 0.1) is 5.92 Å². The maximum absolute atomic E-state index is 12.3. The Labute approximate surface area is 103 Å². The van der Waals surface area contributed by atoms with Gasteiger partial charge in [-0.05, 0) is 25.3 Å². The number of unbranched alkanes of at least 4 members (excludes halogenated alkanes) is 1. The average molecular weight is 241 g/mol. The van der Waals surface area contributed by atoms with Crippen molar-refractivity contribution in [3.63, 3.8) is 0 Å². The Hall–Kier alpha value is -1.10. The molecule has 0 aromatic heterocycles. The zero-order chi connectivity index (χ0) is 12.8. The minimum atomic E-state index is -0.444. The fourth-order valence-corrected chi connectivity index (χ4v) is 2.17. The normalized spacial score (nSPS) is 23.6. The van der Waals surface area contributed by atoms with E-state index in [0.29, 0.717) is 12.5 Å². The topological polar surface area (TPSA) is 75.4 Å². The van der Waals surface area contributed by atoms with Crippen LogP contribution in [-0.4, -0.2) is 42.4 Å². The molecule has 1 aliphatic heterocycles. The van der Waals surface area contributed by atoms with Crippen molar-refractivity contribution in [2.45, 2.75) is 39.2 Å². The summed E-state index contributed by atoms with van der Waals surface area (Å²) in [6.07, 6.45) is 2.91. The first-order chi connectivity index (χ1) is 8.06. The van der Waals surface area contributed by atoms with Crippen molar-refractivity contribution in [2.24, 2.45) is 11.7 Å². The van der Waals surface area contributed by atoms with Gasteiger partial charge in [0.2, 0.25) is 11.8 Å². The lowest BCUT2D eigenvalue weighted by Gasteiger charge is -2.26. The van der Waals surface area contributed by atoms with Gasteiger partial charge in [0.1, 0.15) is 0 Å². The minimum absolute atomic E-state index is 0.0160. The number of carbonyl (C=O) groups excluding carboxylic acids is 2. The second-order valence-corrected chi connectivity index (χ2v) is 4.78. The summed E-state index contributed by atoms with van der Waals surface area (Å²) in [5.74, 6) is -0.0955. The first-order valence-electron chi connectivity index (χ1n) is 6.36. The van der Waals surface area contributed by atoms with E-state index in [1.165, 1.54) is 0 Å². The summed E-state index contributed by atoms with van der Waals surface area (Å²) >= 11 is 0. The molecule has 0 aromatic rings. The van der Waals surface area contributed by atoms with Gasteiger partial charge in [-0.2, -0.15) is 0 Å². The van der Waals surface area contributed by atoms with E-state index in [1.54, 1.807) is 4.90 Å². The van der Waals surface area contributed by atoms with Crippen LogP contribution >= 0.6 is 0 Å². The number of primary amides is 1. The molecule has 17 heavy (non-hydrogen) atoms. The fraction of sp³-hybridized carbons (Fsp3) is 0.833. The third kappa shape index (κ3) is 4.00. The lowest BCUT2D eigenvalue weighted by Crippen LogP contribution is -2.49. The Kier molecular flexibility index (Phi) is 5.41. The zero-order valence-electron chi connectivity index (χ0n) is 10.7. The SMILES string of the molecule is CCCCN(CC(N)=O)C(=O)C1NCCC1C. The molecule has 2 unspecified atom stereocenters. The smallest absolute Gasteiger partial charge is 0.240 e. The van der Waals surface area contributed by atoms with Gasteiger partial charge in [0, 0.05) is 6.54 Å². The van der Waals surface area contributed by atoms with E-state index < -0.39 is 5.91 Å². The number of amides is 2. The molecule has 3 N–H and O–H groups in total. The molecule has 0 spiro atoms. The Bertz CT molecular complexity index is 281. The van der Waals surface area contributed by atoms with Gasteiger partial charge in [-0.25, -0.2) is 0 Å². The predicted molar refractivity (Wildman–Crippen MR) is 66.3 cm³/mol. The first kappa shape index (κ1) is 14.0. The Morgan fingerprint density at radius 3 is 2.65 bits per heavy atom. The average Bonchev–Trinajstić information content (AvgIpc) is 2.69. The van der Waals surface area contributed by atoms with E-state index in [2.05, 4.69) is 19.2 Å². The van der Waals surface area contributed by atoms with Gasteiger partial charge in [0.25, 0.3) is 0 Å². The van der Waals surface area contributed by atoms with Gasteiger partial charge in [-0.15, -0.1) is 0 Å². The van der Waals surface area contributed by atoms with E-state index in [-0.39, 0.29) is 18.5 Å². The van der Waals surface area contributed by atoms with Gasteiger partial charge in [0.05, 0.1) is 12.6 Å². The number of rotatable bonds is 6. The largest absolute Gasteiger partial charge is 0.368 e. The Balaban J connectivity index is 2.60. The number of nitrogens with two attached hydrogens (primary N) is 1. The van der Waals surface area contributed by atoms with E-state index >= 15 is 0 Å². The van der Waals surface area contributed by atoms with E-state index in [9.17, 15) is 9.59 Å². The van der Waals surface area contributed by atoms with Crippen LogP contribution in [0.2, 0.25) is 0 Å². The molecular formula is C12H23N3O2. The zero-order valence-corrected chi connectivity index (χ0v) is 10.7. The van der Waals surface area contributed by atoms with Crippen molar-refractivity contribution >= 4 is 11.8 Å². The lowest BCUT2D eigenvalue weighted by atomic mass is 10.0. The quantitative estimate of drug-likeness (QED) is 0.692. The molecule has 1 heterocycles. The molecule has 5 heteroatoms. The summed E-state index contributed by atoms with van der Waals surface area (Å²) in [5, 5.41) is 3.19. The van der Waals surface area contributed by atoms with Crippen LogP contribution in [0.4, 0.5) is 0 Å². The number of hydrogen-bond acceptors (Lipinski definition) is 3. The van der Waals surface area contributed by atoms with E-state index in [1.807, 2.05) is 0 Å². The van der Waals surface area contributed by atoms with Gasteiger partial charge in [-0.1, -0.05) is 20.3 Å². The van der Waals surface area contributed by atoms with Crippen LogP contribution in [-0.2, 0) is 9.59 Å². The van der Waals surface area contributed by atoms with Crippen LogP contribution in [0.5, 0.6) is 0 Å². The molecule has 0 aliphatic carbocycles. The number of nitrogens with zero attached hydrogens (tertiary/aromatic N) is 1. The number of nitrogens with one attached hydrogen (secondary N) is 1. The fourth-order valence-electron chi connectivity index (χ4n) is 2.17. The van der Waals surface area contributed by atoms with Crippen molar-refractivity contribution < 1.29 is 9.59 Å². The standard InChI is InChI=1S/C12H23N3O2/c1-3-4-7-15(8-10(13)16)12(17)11-9(2)5-6-14-11/h9,11,14H,3-8H2,1-2H3,(H2,13,16). The first-order valence-corrected chi connectivity index (χ1v) is 6.36. The minimum Gasteiger partial charge on any atom is -0.368 e. The summed E-state index contributed by atoms with van der Waals surface area (Å²) in [6.45, 7) is 5.64. The summed E-state index contributed by atoms with van der Waals surface area (Å²) in [7, 11) is 0. The second-order valence-electron chi connectivity index (χ2n) is 4.78.